The highest BCUT2D eigenvalue weighted by atomic mass is 35.5. The molecule has 0 bridgehead atoms. The molecule has 5 nitrogen and oxygen atoms in total. The standard InChI is InChI=1S/C19H10ClF2N3O2/c20-13-6-16-17(27-9-24-16)5-12(13)10-1-3-11(4-2-10)25-19(26)18-14(21)7-23-8-15(18)22/h1-9H,(H,25,26). The molecule has 1 amide bonds. The Morgan fingerprint density at radius 1 is 1.07 bits per heavy atom. The average molecular weight is 386 g/mol. The zero-order chi connectivity index (χ0) is 19.0. The van der Waals surface area contributed by atoms with Gasteiger partial charge in [-0.3, -0.25) is 9.78 Å². The largest absolute Gasteiger partial charge is 0.443 e. The van der Waals surface area contributed by atoms with Crippen molar-refractivity contribution in [2.24, 2.45) is 0 Å². The van der Waals surface area contributed by atoms with Crippen molar-refractivity contribution in [3.8, 4) is 11.1 Å². The SMILES string of the molecule is O=C(Nc1ccc(-c2cc3ocnc3cc2Cl)cc1)c1c(F)cncc1F. The number of nitrogens with zero attached hydrogens (tertiary/aromatic N) is 2. The first-order valence-electron chi connectivity index (χ1n) is 7.76. The molecule has 0 radical (unpaired) electrons. The van der Waals surface area contributed by atoms with Gasteiger partial charge in [0.25, 0.3) is 5.91 Å². The fourth-order valence-electron chi connectivity index (χ4n) is 2.65. The Morgan fingerprint density at radius 3 is 2.48 bits per heavy atom. The Kier molecular flexibility index (Phi) is 4.29. The maximum absolute atomic E-state index is 13.6. The van der Waals surface area contributed by atoms with Gasteiger partial charge in [0.1, 0.15) is 11.1 Å². The summed E-state index contributed by atoms with van der Waals surface area (Å²) < 4.78 is 32.6. The molecule has 4 aromatic rings. The van der Waals surface area contributed by atoms with E-state index in [2.05, 4.69) is 15.3 Å². The maximum Gasteiger partial charge on any atom is 0.261 e. The zero-order valence-corrected chi connectivity index (χ0v) is 14.3. The highest BCUT2D eigenvalue weighted by Gasteiger charge is 2.18. The minimum absolute atomic E-state index is 0.372. The number of halogens is 3. The summed E-state index contributed by atoms with van der Waals surface area (Å²) in [6, 6.07) is 10.1. The molecular formula is C19H10ClF2N3O2. The number of nitrogens with one attached hydrogen (secondary N) is 1. The molecule has 1 N–H and O–H groups in total. The van der Waals surface area contributed by atoms with Gasteiger partial charge in [-0.05, 0) is 29.8 Å². The van der Waals surface area contributed by atoms with E-state index in [0.717, 1.165) is 23.5 Å². The van der Waals surface area contributed by atoms with Gasteiger partial charge in [0.15, 0.2) is 23.6 Å². The number of carbonyl (C=O) groups excluding carboxylic acids is 1. The van der Waals surface area contributed by atoms with Gasteiger partial charge in [-0.25, -0.2) is 13.8 Å². The van der Waals surface area contributed by atoms with Crippen molar-refractivity contribution in [2.75, 3.05) is 5.32 Å². The smallest absolute Gasteiger partial charge is 0.261 e. The summed E-state index contributed by atoms with van der Waals surface area (Å²) in [5.41, 5.74) is 2.43. The molecule has 2 aromatic carbocycles. The third kappa shape index (κ3) is 3.24. The lowest BCUT2D eigenvalue weighted by Crippen LogP contribution is -2.16. The number of fused-ring (bicyclic) bond motifs is 1. The first kappa shape index (κ1) is 17.1. The van der Waals surface area contributed by atoms with E-state index in [1.54, 1.807) is 36.4 Å². The maximum atomic E-state index is 13.6. The van der Waals surface area contributed by atoms with Crippen LogP contribution in [0.1, 0.15) is 10.4 Å². The molecule has 0 saturated carbocycles. The number of aromatic nitrogens is 2. The summed E-state index contributed by atoms with van der Waals surface area (Å²) in [5, 5.41) is 2.94. The number of rotatable bonds is 3. The van der Waals surface area contributed by atoms with Crippen LogP contribution < -0.4 is 5.32 Å². The van der Waals surface area contributed by atoms with Crippen molar-refractivity contribution in [3.63, 3.8) is 0 Å². The lowest BCUT2D eigenvalue weighted by molar-refractivity contribution is 0.101. The van der Waals surface area contributed by atoms with E-state index in [1.807, 2.05) is 0 Å². The molecule has 0 fully saturated rings. The topological polar surface area (TPSA) is 68.0 Å². The summed E-state index contributed by atoms with van der Waals surface area (Å²) in [7, 11) is 0. The second-order valence-electron chi connectivity index (χ2n) is 5.66. The van der Waals surface area contributed by atoms with Crippen molar-refractivity contribution >= 4 is 34.3 Å². The Morgan fingerprint density at radius 2 is 1.78 bits per heavy atom. The molecule has 4 rings (SSSR count). The predicted octanol–water partition coefficient (Wildman–Crippen LogP) is 5.07. The van der Waals surface area contributed by atoms with Crippen LogP contribution in [-0.2, 0) is 0 Å². The fourth-order valence-corrected chi connectivity index (χ4v) is 2.92. The van der Waals surface area contributed by atoms with Crippen molar-refractivity contribution in [3.05, 3.63) is 77.4 Å². The number of anilines is 1. The minimum Gasteiger partial charge on any atom is -0.443 e. The Hall–Kier alpha value is -3.32. The van der Waals surface area contributed by atoms with Gasteiger partial charge in [0, 0.05) is 11.3 Å². The quantitative estimate of drug-likeness (QED) is 0.534. The van der Waals surface area contributed by atoms with Crippen LogP contribution in [-0.4, -0.2) is 15.9 Å². The van der Waals surface area contributed by atoms with Crippen molar-refractivity contribution in [1.82, 2.24) is 9.97 Å². The summed E-state index contributed by atoms with van der Waals surface area (Å²) >= 11 is 6.29. The van der Waals surface area contributed by atoms with Crippen LogP contribution in [0.3, 0.4) is 0 Å². The molecule has 0 aliphatic heterocycles. The normalized spacial score (nSPS) is 10.9. The fraction of sp³-hybridized carbons (Fsp3) is 0. The van der Waals surface area contributed by atoms with Gasteiger partial charge in [0.05, 0.1) is 17.4 Å². The van der Waals surface area contributed by atoms with Crippen molar-refractivity contribution in [2.45, 2.75) is 0 Å². The molecule has 8 heteroatoms. The minimum atomic E-state index is -1.03. The number of pyridine rings is 1. The first-order valence-corrected chi connectivity index (χ1v) is 8.14. The zero-order valence-electron chi connectivity index (χ0n) is 13.5. The molecule has 0 aliphatic carbocycles. The highest BCUT2D eigenvalue weighted by Crippen LogP contribution is 2.32. The van der Waals surface area contributed by atoms with E-state index in [4.69, 9.17) is 16.0 Å². The number of oxazole rings is 1. The van der Waals surface area contributed by atoms with Gasteiger partial charge >= 0.3 is 0 Å². The summed E-state index contributed by atoms with van der Waals surface area (Å²) in [4.78, 5) is 19.5. The second kappa shape index (κ2) is 6.77. The van der Waals surface area contributed by atoms with E-state index in [1.165, 1.54) is 6.39 Å². The number of carbonyl (C=O) groups is 1. The van der Waals surface area contributed by atoms with E-state index < -0.39 is 23.1 Å². The van der Waals surface area contributed by atoms with Crippen LogP contribution >= 0.6 is 11.6 Å². The Balaban J connectivity index is 1.60. The summed E-state index contributed by atoms with van der Waals surface area (Å²) in [5.74, 6) is -2.96. The van der Waals surface area contributed by atoms with Crippen LogP contribution in [0.15, 0.2) is 59.6 Å². The summed E-state index contributed by atoms with van der Waals surface area (Å²) in [6.07, 6.45) is 2.90. The van der Waals surface area contributed by atoms with Gasteiger partial charge in [-0.2, -0.15) is 0 Å². The second-order valence-corrected chi connectivity index (χ2v) is 6.07. The molecule has 2 heterocycles. The van der Waals surface area contributed by atoms with Gasteiger partial charge in [0.2, 0.25) is 0 Å². The van der Waals surface area contributed by atoms with Crippen LogP contribution in [0.25, 0.3) is 22.2 Å². The van der Waals surface area contributed by atoms with E-state index >= 15 is 0 Å². The molecular weight excluding hydrogens is 376 g/mol. The van der Waals surface area contributed by atoms with Gasteiger partial charge < -0.3 is 9.73 Å². The van der Waals surface area contributed by atoms with E-state index in [0.29, 0.717) is 21.8 Å². The lowest BCUT2D eigenvalue weighted by atomic mass is 10.0. The van der Waals surface area contributed by atoms with Crippen molar-refractivity contribution in [1.29, 1.82) is 0 Å². The van der Waals surface area contributed by atoms with Crippen LogP contribution in [0, 0.1) is 11.6 Å². The Bertz CT molecular complexity index is 1140. The number of hydrogen-bond donors (Lipinski definition) is 1. The van der Waals surface area contributed by atoms with Crippen molar-refractivity contribution < 1.29 is 18.0 Å². The third-order valence-electron chi connectivity index (χ3n) is 3.95. The number of hydrogen-bond acceptors (Lipinski definition) is 4. The lowest BCUT2D eigenvalue weighted by Gasteiger charge is -2.09. The van der Waals surface area contributed by atoms with Crippen LogP contribution in [0.5, 0.6) is 0 Å². The van der Waals surface area contributed by atoms with Crippen LogP contribution in [0.4, 0.5) is 14.5 Å². The molecule has 2 aromatic heterocycles. The monoisotopic (exact) mass is 385 g/mol. The molecule has 0 atom stereocenters. The van der Waals surface area contributed by atoms with Crippen LogP contribution in [0.2, 0.25) is 5.02 Å². The Labute approximate surface area is 156 Å². The molecule has 0 unspecified atom stereocenters. The molecule has 0 aliphatic rings. The highest BCUT2D eigenvalue weighted by molar-refractivity contribution is 6.34. The van der Waals surface area contributed by atoms with E-state index in [9.17, 15) is 13.6 Å². The average Bonchev–Trinajstić information content (AvgIpc) is 3.09. The third-order valence-corrected chi connectivity index (χ3v) is 4.27. The summed E-state index contributed by atoms with van der Waals surface area (Å²) in [6.45, 7) is 0. The number of benzene rings is 2. The number of amides is 1. The van der Waals surface area contributed by atoms with Gasteiger partial charge in [-0.15, -0.1) is 0 Å². The van der Waals surface area contributed by atoms with Gasteiger partial charge in [-0.1, -0.05) is 23.7 Å². The molecule has 27 heavy (non-hydrogen) atoms. The van der Waals surface area contributed by atoms with E-state index in [-0.39, 0.29) is 0 Å². The molecule has 0 spiro atoms. The molecule has 0 saturated heterocycles. The predicted molar refractivity (Wildman–Crippen MR) is 96.6 cm³/mol. The first-order chi connectivity index (χ1) is 13.0. The molecule has 134 valence electrons.